The molecule has 0 bridgehead atoms. The Balaban J connectivity index is 1.27. The van der Waals surface area contributed by atoms with Gasteiger partial charge >= 0.3 is 0 Å². The van der Waals surface area contributed by atoms with Gasteiger partial charge in [0.05, 0.1) is 13.2 Å². The number of nitrogens with zero attached hydrogens (tertiary/aromatic N) is 1. The number of hydrogen-bond acceptors (Lipinski definition) is 5. The van der Waals surface area contributed by atoms with Crippen molar-refractivity contribution in [2.24, 2.45) is 5.41 Å². The molecular weight excluding hydrogens is 645 g/mol. The van der Waals surface area contributed by atoms with Gasteiger partial charge in [0.2, 0.25) is 5.91 Å². The summed E-state index contributed by atoms with van der Waals surface area (Å²) in [7, 11) is 0. The highest BCUT2D eigenvalue weighted by Crippen LogP contribution is 2.36. The fraction of sp³-hybridized carbons (Fsp3) is 0.478. The second-order valence-electron chi connectivity index (χ2n) is 15.7. The zero-order valence-electron chi connectivity index (χ0n) is 32.3. The average molecular weight is 705 g/mol. The van der Waals surface area contributed by atoms with Crippen molar-refractivity contribution in [1.29, 1.82) is 0 Å². The molecule has 6 heteroatoms. The topological polar surface area (TPSA) is 85.4 Å². The molecule has 6 nitrogen and oxygen atoms in total. The van der Waals surface area contributed by atoms with Crippen LogP contribution in [-0.2, 0) is 20.8 Å². The van der Waals surface area contributed by atoms with Crippen LogP contribution in [0, 0.1) is 12.3 Å². The Morgan fingerprint density at radius 2 is 1.50 bits per heavy atom. The zero-order chi connectivity index (χ0) is 37.3. The molecule has 1 atom stereocenters. The Hall–Kier alpha value is -4.32. The Labute approximate surface area is 312 Å². The molecule has 1 heterocycles. The van der Waals surface area contributed by atoms with Gasteiger partial charge in [-0.2, -0.15) is 0 Å². The number of Topliss-reactive ketones (excluding diaryl/α,β-unsaturated/α-hetero) is 2. The van der Waals surface area contributed by atoms with Gasteiger partial charge in [0.15, 0.2) is 5.78 Å². The van der Waals surface area contributed by atoms with Crippen LogP contribution in [0.4, 0.5) is 0 Å². The van der Waals surface area contributed by atoms with E-state index < -0.39 is 0 Å². The number of aromatic nitrogens is 1. The molecule has 0 aliphatic heterocycles. The molecule has 1 aromatic heterocycles. The summed E-state index contributed by atoms with van der Waals surface area (Å²) in [5.41, 5.74) is 5.77. The predicted octanol–water partition coefficient (Wildman–Crippen LogP) is 10.9. The van der Waals surface area contributed by atoms with Gasteiger partial charge in [0.1, 0.15) is 11.5 Å². The molecule has 3 aromatic carbocycles. The minimum absolute atomic E-state index is 0.0250. The van der Waals surface area contributed by atoms with Crippen molar-refractivity contribution in [3.05, 3.63) is 95.8 Å². The fourth-order valence-electron chi connectivity index (χ4n) is 6.85. The van der Waals surface area contributed by atoms with Gasteiger partial charge in [-0.15, -0.1) is 0 Å². The Kier molecular flexibility index (Phi) is 16.1. The Morgan fingerprint density at radius 3 is 2.21 bits per heavy atom. The molecule has 0 fully saturated rings. The first-order valence-corrected chi connectivity index (χ1v) is 19.4. The number of pyridine rings is 1. The van der Waals surface area contributed by atoms with E-state index in [0.717, 1.165) is 64.6 Å². The smallest absolute Gasteiger partial charge is 0.220 e. The second-order valence-corrected chi connectivity index (χ2v) is 15.7. The highest BCUT2D eigenvalue weighted by Gasteiger charge is 2.19. The highest BCUT2D eigenvalue weighted by molar-refractivity contribution is 6.00. The fourth-order valence-corrected chi connectivity index (χ4v) is 6.85. The van der Waals surface area contributed by atoms with Crippen LogP contribution in [0.1, 0.15) is 127 Å². The lowest BCUT2D eigenvalue weighted by Crippen LogP contribution is -2.30. The largest absolute Gasteiger partial charge is 0.493 e. The molecule has 0 saturated heterocycles. The van der Waals surface area contributed by atoms with Crippen molar-refractivity contribution < 1.29 is 19.1 Å². The second kappa shape index (κ2) is 20.7. The third-order valence-electron chi connectivity index (χ3n) is 9.71. The van der Waals surface area contributed by atoms with E-state index in [2.05, 4.69) is 85.7 Å². The molecule has 0 aliphatic rings. The van der Waals surface area contributed by atoms with Crippen LogP contribution >= 0.6 is 0 Å². The first-order valence-electron chi connectivity index (χ1n) is 19.4. The van der Waals surface area contributed by atoms with E-state index in [9.17, 15) is 14.4 Å². The van der Waals surface area contributed by atoms with Gasteiger partial charge < -0.3 is 14.8 Å². The number of ether oxygens (including phenoxy) is 1. The summed E-state index contributed by atoms with van der Waals surface area (Å²) < 4.78 is 6.29. The van der Waals surface area contributed by atoms with Gasteiger partial charge in [-0.05, 0) is 103 Å². The summed E-state index contributed by atoms with van der Waals surface area (Å²) in [6.07, 6.45) is 13.8. The maximum absolute atomic E-state index is 13.0. The average Bonchev–Trinajstić information content (AvgIpc) is 3.11. The van der Waals surface area contributed by atoms with Gasteiger partial charge in [-0.3, -0.25) is 14.6 Å². The van der Waals surface area contributed by atoms with Gasteiger partial charge in [-0.1, -0.05) is 107 Å². The number of carbonyl (C=O) groups excluding carboxylic acids is 3. The van der Waals surface area contributed by atoms with E-state index in [1.807, 2.05) is 31.3 Å². The number of fused-ring (bicyclic) bond motifs is 1. The van der Waals surface area contributed by atoms with E-state index >= 15 is 0 Å². The molecule has 0 spiro atoms. The molecule has 1 N–H and O–H groups in total. The standard InChI is InChI=1S/C46H60N2O4/c1-34-26-28-47-39(30-34)16-10-13-19-45(51)48-33-40(50)32-38(31-35(2)49)36-20-22-37(23-21-36)41-24-25-44(43-18-12-11-17-42(41)43)52-29-15-9-7-6-8-14-27-46(3,4)5/h11-12,17-18,20-26,28,30,38H,6-10,13-16,19,27,29,31-33H2,1-5H3,(H,48,51)/t38-/m1/s1. The van der Waals surface area contributed by atoms with Crippen LogP contribution in [0.5, 0.6) is 5.75 Å². The number of nitrogens with one attached hydrogen (secondary N) is 1. The molecule has 0 aliphatic carbocycles. The van der Waals surface area contributed by atoms with Crippen molar-refractivity contribution in [3.63, 3.8) is 0 Å². The predicted molar refractivity (Wildman–Crippen MR) is 214 cm³/mol. The van der Waals surface area contributed by atoms with Crippen LogP contribution in [0.2, 0.25) is 0 Å². The van der Waals surface area contributed by atoms with Crippen molar-refractivity contribution in [1.82, 2.24) is 10.3 Å². The molecule has 278 valence electrons. The summed E-state index contributed by atoms with van der Waals surface area (Å²) >= 11 is 0. The Morgan fingerprint density at radius 1 is 0.788 bits per heavy atom. The van der Waals surface area contributed by atoms with E-state index in [1.165, 1.54) is 44.1 Å². The van der Waals surface area contributed by atoms with E-state index in [1.54, 1.807) is 6.92 Å². The van der Waals surface area contributed by atoms with Crippen LogP contribution in [0.3, 0.4) is 0 Å². The molecular formula is C46H60N2O4. The maximum atomic E-state index is 13.0. The van der Waals surface area contributed by atoms with E-state index in [4.69, 9.17) is 4.74 Å². The van der Waals surface area contributed by atoms with Crippen molar-refractivity contribution in [2.45, 2.75) is 124 Å². The number of hydrogen-bond donors (Lipinski definition) is 1. The number of benzene rings is 3. The third kappa shape index (κ3) is 14.0. The van der Waals surface area contributed by atoms with Crippen molar-refractivity contribution in [3.8, 4) is 16.9 Å². The lowest BCUT2D eigenvalue weighted by molar-refractivity contribution is -0.125. The first-order chi connectivity index (χ1) is 25.0. The summed E-state index contributed by atoms with van der Waals surface area (Å²) in [5.74, 6) is 0.498. The van der Waals surface area contributed by atoms with Crippen LogP contribution < -0.4 is 10.1 Å². The molecule has 4 aromatic rings. The number of aryl methyl sites for hydroxylation is 2. The highest BCUT2D eigenvalue weighted by atomic mass is 16.5. The lowest BCUT2D eigenvalue weighted by Gasteiger charge is -2.17. The minimum atomic E-state index is -0.242. The number of rotatable bonds is 22. The van der Waals surface area contributed by atoms with Crippen LogP contribution in [0.15, 0.2) is 79.0 Å². The van der Waals surface area contributed by atoms with Crippen molar-refractivity contribution in [2.75, 3.05) is 13.2 Å². The monoisotopic (exact) mass is 704 g/mol. The van der Waals surface area contributed by atoms with Crippen LogP contribution in [-0.4, -0.2) is 35.6 Å². The number of amides is 1. The summed E-state index contributed by atoms with van der Waals surface area (Å²) in [4.78, 5) is 42.0. The molecule has 52 heavy (non-hydrogen) atoms. The Bertz CT molecular complexity index is 1740. The molecule has 0 unspecified atom stereocenters. The zero-order valence-corrected chi connectivity index (χ0v) is 32.3. The lowest BCUT2D eigenvalue weighted by atomic mass is 9.88. The minimum Gasteiger partial charge on any atom is -0.493 e. The third-order valence-corrected chi connectivity index (χ3v) is 9.71. The molecule has 4 rings (SSSR count). The van der Waals surface area contributed by atoms with E-state index in [-0.39, 0.29) is 42.8 Å². The number of ketones is 2. The quantitative estimate of drug-likeness (QED) is 0.0823. The summed E-state index contributed by atoms with van der Waals surface area (Å²) in [6.45, 7) is 11.2. The van der Waals surface area contributed by atoms with Crippen LogP contribution in [0.25, 0.3) is 21.9 Å². The maximum Gasteiger partial charge on any atom is 0.220 e. The van der Waals surface area contributed by atoms with Gasteiger partial charge in [0, 0.05) is 36.5 Å². The van der Waals surface area contributed by atoms with E-state index in [0.29, 0.717) is 18.4 Å². The molecule has 0 saturated carbocycles. The van der Waals surface area contributed by atoms with Crippen molar-refractivity contribution >= 4 is 28.2 Å². The number of unbranched alkanes of at least 4 members (excludes halogenated alkanes) is 6. The van der Waals surface area contributed by atoms with Gasteiger partial charge in [0.25, 0.3) is 0 Å². The molecule has 1 amide bonds. The summed E-state index contributed by atoms with van der Waals surface area (Å²) in [6, 6.07) is 24.8. The molecule has 0 radical (unpaired) electrons. The SMILES string of the molecule is CC(=O)C[C@H](CC(=O)CNC(=O)CCCCc1cc(C)ccn1)c1ccc(-c2ccc(OCCCCCCCCC(C)(C)C)c3ccccc23)cc1. The number of carbonyl (C=O) groups is 3. The first kappa shape index (κ1) is 40.5. The normalized spacial score (nSPS) is 12.1. The van der Waals surface area contributed by atoms with Gasteiger partial charge in [-0.25, -0.2) is 0 Å². The summed E-state index contributed by atoms with van der Waals surface area (Å²) in [5, 5.41) is 5.01.